The first-order chi connectivity index (χ1) is 8.66. The summed E-state index contributed by atoms with van der Waals surface area (Å²) in [4.78, 5) is 0. The summed E-state index contributed by atoms with van der Waals surface area (Å²) in [5, 5.41) is 8.72. The maximum absolute atomic E-state index is 6.24. The Morgan fingerprint density at radius 1 is 1.33 bits per heavy atom. The van der Waals surface area contributed by atoms with Crippen LogP contribution in [0.3, 0.4) is 0 Å². The molecule has 1 aromatic rings. The minimum absolute atomic E-state index is 0.773. The Hall–Kier alpha value is -0.540. The smallest absolute Gasteiger partial charge is 0.131 e. The first-order valence-corrected chi connectivity index (χ1v) is 7.43. The standard InChI is InChI=1S/C14H22ClN3/c1-9-12(14(15)18(2)17-9)7-16-8-13(10-3-4-10)11-5-6-11/h10-11,13,16H,3-8H2,1-2H3. The fourth-order valence-corrected chi connectivity index (χ4v) is 3.25. The summed E-state index contributed by atoms with van der Waals surface area (Å²) < 4.78 is 1.76. The SMILES string of the molecule is Cc1nn(C)c(Cl)c1CNCC(C1CC1)C1CC1. The van der Waals surface area contributed by atoms with Crippen molar-refractivity contribution in [3.8, 4) is 0 Å². The fourth-order valence-electron chi connectivity index (χ4n) is 3.01. The van der Waals surface area contributed by atoms with E-state index in [1.807, 2.05) is 14.0 Å². The summed E-state index contributed by atoms with van der Waals surface area (Å²) in [7, 11) is 1.90. The molecule has 3 nitrogen and oxygen atoms in total. The van der Waals surface area contributed by atoms with Gasteiger partial charge in [0.15, 0.2) is 0 Å². The van der Waals surface area contributed by atoms with Crippen molar-refractivity contribution in [3.05, 3.63) is 16.4 Å². The molecular weight excluding hydrogens is 246 g/mol. The van der Waals surface area contributed by atoms with Crippen LogP contribution < -0.4 is 5.32 Å². The number of nitrogens with one attached hydrogen (secondary N) is 1. The van der Waals surface area contributed by atoms with Crippen LogP contribution in [0.2, 0.25) is 5.15 Å². The van der Waals surface area contributed by atoms with E-state index in [4.69, 9.17) is 11.6 Å². The number of rotatable bonds is 6. The van der Waals surface area contributed by atoms with Gasteiger partial charge in [0, 0.05) is 19.2 Å². The monoisotopic (exact) mass is 267 g/mol. The third-order valence-electron chi connectivity index (χ3n) is 4.41. The van der Waals surface area contributed by atoms with E-state index in [2.05, 4.69) is 10.4 Å². The number of aryl methyl sites for hydroxylation is 2. The lowest BCUT2D eigenvalue weighted by Crippen LogP contribution is -2.25. The molecule has 2 aliphatic carbocycles. The second-order valence-electron chi connectivity index (χ2n) is 5.95. The lowest BCUT2D eigenvalue weighted by atomic mass is 9.98. The Labute approximate surface area is 114 Å². The molecule has 0 aromatic carbocycles. The fraction of sp³-hybridized carbons (Fsp3) is 0.786. The molecule has 1 N–H and O–H groups in total. The van der Waals surface area contributed by atoms with Crippen molar-refractivity contribution in [2.75, 3.05) is 6.54 Å². The molecule has 0 bridgehead atoms. The maximum atomic E-state index is 6.24. The molecule has 3 rings (SSSR count). The van der Waals surface area contributed by atoms with Crippen molar-refractivity contribution in [3.63, 3.8) is 0 Å². The van der Waals surface area contributed by atoms with Crippen LogP contribution in [-0.4, -0.2) is 16.3 Å². The number of hydrogen-bond donors (Lipinski definition) is 1. The van der Waals surface area contributed by atoms with Crippen molar-refractivity contribution >= 4 is 11.6 Å². The molecule has 1 heterocycles. The Balaban J connectivity index is 1.54. The van der Waals surface area contributed by atoms with Crippen LogP contribution >= 0.6 is 11.6 Å². The zero-order valence-corrected chi connectivity index (χ0v) is 12.0. The van der Waals surface area contributed by atoms with Gasteiger partial charge >= 0.3 is 0 Å². The molecule has 0 radical (unpaired) electrons. The zero-order valence-electron chi connectivity index (χ0n) is 11.2. The predicted molar refractivity (Wildman–Crippen MR) is 73.6 cm³/mol. The average molecular weight is 268 g/mol. The van der Waals surface area contributed by atoms with Gasteiger partial charge in [-0.1, -0.05) is 11.6 Å². The van der Waals surface area contributed by atoms with Gasteiger partial charge in [0.25, 0.3) is 0 Å². The van der Waals surface area contributed by atoms with Crippen LogP contribution in [0.15, 0.2) is 0 Å². The van der Waals surface area contributed by atoms with E-state index in [-0.39, 0.29) is 0 Å². The molecule has 100 valence electrons. The molecule has 0 aliphatic heterocycles. The molecule has 0 atom stereocenters. The molecular formula is C14H22ClN3. The van der Waals surface area contributed by atoms with Gasteiger partial charge in [0.05, 0.1) is 5.69 Å². The molecule has 2 saturated carbocycles. The zero-order chi connectivity index (χ0) is 12.7. The van der Waals surface area contributed by atoms with E-state index in [0.29, 0.717) is 0 Å². The van der Waals surface area contributed by atoms with Crippen molar-refractivity contribution in [1.82, 2.24) is 15.1 Å². The maximum Gasteiger partial charge on any atom is 0.131 e. The number of hydrogen-bond acceptors (Lipinski definition) is 2. The van der Waals surface area contributed by atoms with Crippen LogP contribution in [0.25, 0.3) is 0 Å². The highest BCUT2D eigenvalue weighted by Gasteiger charge is 2.40. The van der Waals surface area contributed by atoms with E-state index in [0.717, 1.165) is 47.3 Å². The highest BCUT2D eigenvalue weighted by atomic mass is 35.5. The van der Waals surface area contributed by atoms with Crippen LogP contribution in [0.1, 0.15) is 36.9 Å². The second-order valence-corrected chi connectivity index (χ2v) is 6.31. The lowest BCUT2D eigenvalue weighted by molar-refractivity contribution is 0.378. The third kappa shape index (κ3) is 2.57. The minimum atomic E-state index is 0.773. The minimum Gasteiger partial charge on any atom is -0.312 e. The molecule has 0 amide bonds. The molecule has 18 heavy (non-hydrogen) atoms. The average Bonchev–Trinajstić information content (AvgIpc) is 3.21. The van der Waals surface area contributed by atoms with Crippen molar-refractivity contribution in [2.45, 2.75) is 39.2 Å². The highest BCUT2D eigenvalue weighted by Crippen LogP contribution is 2.48. The van der Waals surface area contributed by atoms with Gasteiger partial charge in [-0.3, -0.25) is 4.68 Å². The topological polar surface area (TPSA) is 29.9 Å². The van der Waals surface area contributed by atoms with Crippen LogP contribution in [0, 0.1) is 24.7 Å². The summed E-state index contributed by atoms with van der Waals surface area (Å²) in [6.45, 7) is 4.04. The summed E-state index contributed by atoms with van der Waals surface area (Å²) >= 11 is 6.24. The van der Waals surface area contributed by atoms with Crippen LogP contribution in [0.5, 0.6) is 0 Å². The highest BCUT2D eigenvalue weighted by molar-refractivity contribution is 6.30. The normalized spacial score (nSPS) is 19.8. The van der Waals surface area contributed by atoms with Crippen molar-refractivity contribution < 1.29 is 0 Å². The number of aromatic nitrogens is 2. The molecule has 2 fully saturated rings. The van der Waals surface area contributed by atoms with Gasteiger partial charge in [-0.05, 0) is 56.9 Å². The molecule has 0 saturated heterocycles. The van der Waals surface area contributed by atoms with E-state index in [1.165, 1.54) is 25.7 Å². The lowest BCUT2D eigenvalue weighted by Gasteiger charge is -2.16. The number of nitrogens with zero attached hydrogens (tertiary/aromatic N) is 2. The molecule has 1 aromatic heterocycles. The Morgan fingerprint density at radius 2 is 1.94 bits per heavy atom. The van der Waals surface area contributed by atoms with Crippen molar-refractivity contribution in [1.29, 1.82) is 0 Å². The van der Waals surface area contributed by atoms with Gasteiger partial charge in [-0.2, -0.15) is 5.10 Å². The Morgan fingerprint density at radius 3 is 2.39 bits per heavy atom. The third-order valence-corrected chi connectivity index (χ3v) is 4.88. The van der Waals surface area contributed by atoms with Crippen LogP contribution in [-0.2, 0) is 13.6 Å². The molecule has 2 aliphatic rings. The van der Waals surface area contributed by atoms with Gasteiger partial charge in [-0.15, -0.1) is 0 Å². The summed E-state index contributed by atoms with van der Waals surface area (Å²) in [5.41, 5.74) is 2.20. The summed E-state index contributed by atoms with van der Waals surface area (Å²) in [6, 6.07) is 0. The van der Waals surface area contributed by atoms with Gasteiger partial charge in [-0.25, -0.2) is 0 Å². The number of halogens is 1. The van der Waals surface area contributed by atoms with E-state index in [9.17, 15) is 0 Å². The first-order valence-electron chi connectivity index (χ1n) is 7.05. The van der Waals surface area contributed by atoms with E-state index >= 15 is 0 Å². The molecule has 4 heteroatoms. The molecule has 0 spiro atoms. The quantitative estimate of drug-likeness (QED) is 0.859. The van der Waals surface area contributed by atoms with E-state index in [1.54, 1.807) is 4.68 Å². The largest absolute Gasteiger partial charge is 0.312 e. The van der Waals surface area contributed by atoms with Crippen molar-refractivity contribution in [2.24, 2.45) is 24.8 Å². The van der Waals surface area contributed by atoms with Gasteiger partial charge < -0.3 is 5.32 Å². The Kier molecular flexibility index (Phi) is 3.37. The van der Waals surface area contributed by atoms with E-state index < -0.39 is 0 Å². The summed E-state index contributed by atoms with van der Waals surface area (Å²) in [6.07, 6.45) is 5.82. The second kappa shape index (κ2) is 4.86. The Bertz CT molecular complexity index is 420. The predicted octanol–water partition coefficient (Wildman–Crippen LogP) is 2.91. The van der Waals surface area contributed by atoms with Gasteiger partial charge in [0.2, 0.25) is 0 Å². The van der Waals surface area contributed by atoms with Crippen LogP contribution in [0.4, 0.5) is 0 Å². The molecule has 0 unspecified atom stereocenters. The summed E-state index contributed by atoms with van der Waals surface area (Å²) in [5.74, 6) is 2.94. The van der Waals surface area contributed by atoms with Gasteiger partial charge in [0.1, 0.15) is 5.15 Å². The first kappa shape index (κ1) is 12.5.